The van der Waals surface area contributed by atoms with Gasteiger partial charge in [-0.1, -0.05) is 17.7 Å². The van der Waals surface area contributed by atoms with Crippen LogP contribution < -0.4 is 15.1 Å². The van der Waals surface area contributed by atoms with E-state index < -0.39 is 5.41 Å². The molecule has 194 valence electrons. The van der Waals surface area contributed by atoms with Crippen molar-refractivity contribution in [1.29, 1.82) is 5.26 Å². The monoisotopic (exact) mass is 527 g/mol. The Hall–Kier alpha value is -3.51. The van der Waals surface area contributed by atoms with Crippen LogP contribution in [0, 0.1) is 17.2 Å². The highest BCUT2D eigenvalue weighted by Crippen LogP contribution is 2.47. The molecule has 0 saturated carbocycles. The average Bonchev–Trinajstić information content (AvgIpc) is 3.11. The largest absolute Gasteiger partial charge is 0.354 e. The van der Waals surface area contributed by atoms with Gasteiger partial charge < -0.3 is 15.1 Å². The van der Waals surface area contributed by atoms with Crippen LogP contribution >= 0.6 is 11.6 Å². The van der Waals surface area contributed by atoms with Gasteiger partial charge in [-0.3, -0.25) is 9.69 Å². The van der Waals surface area contributed by atoms with Gasteiger partial charge in [0, 0.05) is 57.3 Å². The van der Waals surface area contributed by atoms with Gasteiger partial charge in [0.05, 0.1) is 33.1 Å². The Kier molecular flexibility index (Phi) is 6.31. The van der Waals surface area contributed by atoms with E-state index in [0.717, 1.165) is 74.1 Å². The average molecular weight is 528 g/mol. The fourth-order valence-corrected chi connectivity index (χ4v) is 5.88. The van der Waals surface area contributed by atoms with Crippen molar-refractivity contribution in [3.8, 4) is 17.3 Å². The highest BCUT2D eigenvalue weighted by atomic mass is 35.5. The summed E-state index contributed by atoms with van der Waals surface area (Å²) < 4.78 is 0. The first kappa shape index (κ1) is 24.8. The van der Waals surface area contributed by atoms with Crippen LogP contribution in [-0.2, 0) is 10.2 Å². The van der Waals surface area contributed by atoms with Crippen molar-refractivity contribution in [2.24, 2.45) is 5.92 Å². The van der Waals surface area contributed by atoms with Gasteiger partial charge in [-0.15, -0.1) is 10.2 Å². The molecule has 0 atom stereocenters. The smallest absolute Gasteiger partial charge is 0.241 e. The summed E-state index contributed by atoms with van der Waals surface area (Å²) in [6.45, 7) is 11.5. The maximum Gasteiger partial charge on any atom is 0.241 e. The van der Waals surface area contributed by atoms with Crippen molar-refractivity contribution < 1.29 is 4.79 Å². The normalized spacial score (nSPS) is 19.3. The Morgan fingerprint density at radius 3 is 2.55 bits per heavy atom. The second kappa shape index (κ2) is 9.66. The van der Waals surface area contributed by atoms with Crippen molar-refractivity contribution in [3.05, 3.63) is 64.7 Å². The minimum Gasteiger partial charge on any atom is -0.354 e. The number of rotatable bonds is 5. The molecule has 0 unspecified atom stereocenters. The molecule has 3 aromatic rings. The first-order chi connectivity index (χ1) is 18.3. The Morgan fingerprint density at radius 1 is 1.08 bits per heavy atom. The number of fused-ring (bicyclic) bond motifs is 1. The minimum absolute atomic E-state index is 0.0417. The molecule has 2 saturated heterocycles. The van der Waals surface area contributed by atoms with Crippen LogP contribution in [0.15, 0.2) is 48.5 Å². The van der Waals surface area contributed by atoms with E-state index in [0.29, 0.717) is 22.2 Å². The van der Waals surface area contributed by atoms with Crippen LogP contribution in [0.25, 0.3) is 11.3 Å². The Morgan fingerprint density at radius 2 is 1.87 bits per heavy atom. The second-order valence-corrected chi connectivity index (χ2v) is 11.3. The third-order valence-corrected chi connectivity index (χ3v) is 8.25. The topological polar surface area (TPSA) is 88.4 Å². The molecule has 2 aromatic carbocycles. The lowest BCUT2D eigenvalue weighted by Gasteiger charge is -2.43. The lowest BCUT2D eigenvalue weighted by atomic mass is 9.85. The lowest BCUT2D eigenvalue weighted by molar-refractivity contribution is -0.121. The van der Waals surface area contributed by atoms with Crippen molar-refractivity contribution in [1.82, 2.24) is 20.4 Å². The molecule has 8 nitrogen and oxygen atoms in total. The first-order valence-corrected chi connectivity index (χ1v) is 13.4. The predicted octanol–water partition coefficient (Wildman–Crippen LogP) is 3.97. The van der Waals surface area contributed by atoms with Crippen molar-refractivity contribution in [2.45, 2.75) is 19.3 Å². The third kappa shape index (κ3) is 4.31. The molecule has 6 rings (SSSR count). The molecule has 3 aliphatic rings. The molecule has 0 radical (unpaired) electrons. The second-order valence-electron chi connectivity index (χ2n) is 10.9. The van der Waals surface area contributed by atoms with Crippen LogP contribution in [0.2, 0.25) is 5.02 Å². The standard InChI is InChI=1S/C29H30ClN7O/c1-29(2)23-13-20(4-7-26(23)37(28(29)38)22-5-3-21(15-31)24(30)14-22)25-6-8-27(34-33-25)36-17-19(18-36)16-35-11-9-32-10-12-35/h3-8,13-14,19,32H,9-12,16-18H2,1-2H3. The van der Waals surface area contributed by atoms with E-state index in [2.05, 4.69) is 31.4 Å². The molecule has 2 fully saturated rings. The molecule has 0 aliphatic carbocycles. The molecule has 1 N–H and O–H groups in total. The first-order valence-electron chi connectivity index (χ1n) is 13.1. The summed E-state index contributed by atoms with van der Waals surface area (Å²) >= 11 is 6.28. The number of nitrogens with one attached hydrogen (secondary N) is 1. The van der Waals surface area contributed by atoms with Gasteiger partial charge in [-0.25, -0.2) is 0 Å². The van der Waals surface area contributed by atoms with Crippen LogP contribution in [0.1, 0.15) is 25.0 Å². The summed E-state index contributed by atoms with van der Waals surface area (Å²) in [5.41, 5.74) is 3.73. The molecular formula is C29H30ClN7O. The minimum atomic E-state index is -0.726. The fourth-order valence-electron chi connectivity index (χ4n) is 5.66. The molecule has 1 amide bonds. The highest BCUT2D eigenvalue weighted by molar-refractivity contribution is 6.32. The van der Waals surface area contributed by atoms with Gasteiger partial charge in [-0.05, 0) is 61.9 Å². The molecule has 3 aliphatic heterocycles. The third-order valence-electron chi connectivity index (χ3n) is 7.93. The Labute approximate surface area is 227 Å². The number of anilines is 3. The maximum atomic E-state index is 13.5. The quantitative estimate of drug-likeness (QED) is 0.537. The molecule has 38 heavy (non-hydrogen) atoms. The van der Waals surface area contributed by atoms with Gasteiger partial charge in [0.15, 0.2) is 5.82 Å². The predicted molar refractivity (Wildman–Crippen MR) is 149 cm³/mol. The number of nitrogens with zero attached hydrogens (tertiary/aromatic N) is 6. The summed E-state index contributed by atoms with van der Waals surface area (Å²) in [6, 6.07) is 17.2. The zero-order chi connectivity index (χ0) is 26.4. The van der Waals surface area contributed by atoms with Crippen LogP contribution in [0.4, 0.5) is 17.2 Å². The molecule has 1 aromatic heterocycles. The summed E-state index contributed by atoms with van der Waals surface area (Å²) in [7, 11) is 0. The van der Waals surface area contributed by atoms with Gasteiger partial charge in [-0.2, -0.15) is 5.26 Å². The fraction of sp³-hybridized carbons (Fsp3) is 0.379. The molecule has 0 spiro atoms. The number of piperazine rings is 1. The zero-order valence-corrected chi connectivity index (χ0v) is 22.4. The maximum absolute atomic E-state index is 13.5. The highest BCUT2D eigenvalue weighted by Gasteiger charge is 2.45. The van der Waals surface area contributed by atoms with Crippen molar-refractivity contribution in [3.63, 3.8) is 0 Å². The molecule has 9 heteroatoms. The summed E-state index contributed by atoms with van der Waals surface area (Å²) in [6.07, 6.45) is 0. The van der Waals surface area contributed by atoms with Crippen LogP contribution in [0.3, 0.4) is 0 Å². The zero-order valence-electron chi connectivity index (χ0n) is 21.6. The number of carbonyl (C=O) groups excluding carboxylic acids is 1. The van der Waals surface area contributed by atoms with E-state index in [4.69, 9.17) is 11.6 Å². The summed E-state index contributed by atoms with van der Waals surface area (Å²) in [5, 5.41) is 22.0. The summed E-state index contributed by atoms with van der Waals surface area (Å²) in [5.74, 6) is 1.55. The van der Waals surface area contributed by atoms with E-state index in [1.54, 1.807) is 23.1 Å². The Bertz CT molecular complexity index is 1420. The summed E-state index contributed by atoms with van der Waals surface area (Å²) in [4.78, 5) is 20.0. The van der Waals surface area contributed by atoms with Crippen molar-refractivity contribution in [2.75, 3.05) is 55.6 Å². The Balaban J connectivity index is 1.19. The van der Waals surface area contributed by atoms with Crippen LogP contribution in [-0.4, -0.2) is 66.8 Å². The van der Waals surface area contributed by atoms with Gasteiger partial charge in [0.1, 0.15) is 6.07 Å². The molecular weight excluding hydrogens is 498 g/mol. The van der Waals surface area contributed by atoms with E-state index >= 15 is 0 Å². The van der Waals surface area contributed by atoms with Crippen LogP contribution in [0.5, 0.6) is 0 Å². The number of hydrogen-bond donors (Lipinski definition) is 1. The number of halogens is 1. The van der Waals surface area contributed by atoms with Gasteiger partial charge >= 0.3 is 0 Å². The van der Waals surface area contributed by atoms with Crippen molar-refractivity contribution >= 4 is 34.7 Å². The number of amides is 1. The molecule has 0 bridgehead atoms. The number of carbonyl (C=O) groups is 1. The lowest BCUT2D eigenvalue weighted by Crippen LogP contribution is -2.54. The van der Waals surface area contributed by atoms with E-state index in [-0.39, 0.29) is 5.91 Å². The molecule has 4 heterocycles. The van der Waals surface area contributed by atoms with Gasteiger partial charge in [0.25, 0.3) is 0 Å². The number of hydrogen-bond acceptors (Lipinski definition) is 7. The number of nitriles is 1. The van der Waals surface area contributed by atoms with E-state index in [1.165, 1.54) is 0 Å². The van der Waals surface area contributed by atoms with E-state index in [1.807, 2.05) is 44.2 Å². The SMILES string of the molecule is CC1(C)C(=O)N(c2ccc(C#N)c(Cl)c2)c2ccc(-c3ccc(N4CC(CN5CCNCC5)C4)nn3)cc21. The van der Waals surface area contributed by atoms with Gasteiger partial charge in [0.2, 0.25) is 5.91 Å². The number of aromatic nitrogens is 2. The number of benzene rings is 2. The van der Waals surface area contributed by atoms with E-state index in [9.17, 15) is 10.1 Å².